The van der Waals surface area contributed by atoms with Gasteiger partial charge < -0.3 is 16.2 Å². The Morgan fingerprint density at radius 3 is 2.82 bits per heavy atom. The van der Waals surface area contributed by atoms with Crippen molar-refractivity contribution >= 4 is 5.96 Å². The molecule has 4 N–H and O–H groups in total. The van der Waals surface area contributed by atoms with E-state index in [1.165, 1.54) is 0 Å². The molecule has 11 heavy (non-hydrogen) atoms. The molecule has 0 amide bonds. The molecule has 0 aliphatic heterocycles. The van der Waals surface area contributed by atoms with Crippen LogP contribution in [-0.4, -0.2) is 29.8 Å². The second-order valence-corrected chi connectivity index (χ2v) is 2.83. The van der Waals surface area contributed by atoms with E-state index in [0.717, 1.165) is 12.8 Å². The van der Waals surface area contributed by atoms with Crippen molar-refractivity contribution in [3.05, 3.63) is 0 Å². The molecule has 1 aliphatic carbocycles. The van der Waals surface area contributed by atoms with Crippen molar-refractivity contribution in [2.45, 2.75) is 31.9 Å². The first kappa shape index (κ1) is 8.33. The Balaban J connectivity index is 2.16. The summed E-state index contributed by atoms with van der Waals surface area (Å²) in [6, 6.07) is 0.334. The minimum Gasteiger partial charge on any atom is -0.393 e. The third kappa shape index (κ3) is 2.38. The molecule has 64 valence electrons. The maximum absolute atomic E-state index is 8.94. The molecule has 1 rings (SSSR count). The SMILES string of the molecule is CCN=C(N)NC1CC(O)C1. The first-order valence-electron chi connectivity index (χ1n) is 3.97. The van der Waals surface area contributed by atoms with E-state index in [0.29, 0.717) is 18.5 Å². The van der Waals surface area contributed by atoms with E-state index in [4.69, 9.17) is 10.8 Å². The first-order valence-corrected chi connectivity index (χ1v) is 3.97. The summed E-state index contributed by atoms with van der Waals surface area (Å²) in [5.41, 5.74) is 5.50. The van der Waals surface area contributed by atoms with Crippen LogP contribution in [-0.2, 0) is 0 Å². The number of nitrogens with two attached hydrogens (primary N) is 1. The fourth-order valence-electron chi connectivity index (χ4n) is 1.13. The summed E-state index contributed by atoms with van der Waals surface area (Å²) in [5.74, 6) is 0.490. The largest absolute Gasteiger partial charge is 0.393 e. The van der Waals surface area contributed by atoms with Crippen LogP contribution in [0.2, 0.25) is 0 Å². The van der Waals surface area contributed by atoms with Crippen molar-refractivity contribution < 1.29 is 5.11 Å². The van der Waals surface area contributed by atoms with Gasteiger partial charge in [0.1, 0.15) is 0 Å². The lowest BCUT2D eigenvalue weighted by Crippen LogP contribution is -2.49. The number of aliphatic hydroxyl groups excluding tert-OH is 1. The Kier molecular flexibility index (Phi) is 2.70. The Hall–Kier alpha value is -0.770. The Morgan fingerprint density at radius 2 is 2.36 bits per heavy atom. The number of aliphatic imine (C=N–C) groups is 1. The predicted molar refractivity (Wildman–Crippen MR) is 44.3 cm³/mol. The fraction of sp³-hybridized carbons (Fsp3) is 0.857. The molecule has 0 atom stereocenters. The van der Waals surface area contributed by atoms with Crippen LogP contribution in [0.15, 0.2) is 4.99 Å². The fourth-order valence-corrected chi connectivity index (χ4v) is 1.13. The van der Waals surface area contributed by atoms with E-state index >= 15 is 0 Å². The summed E-state index contributed by atoms with van der Waals surface area (Å²) in [6.45, 7) is 2.64. The number of nitrogens with one attached hydrogen (secondary N) is 1. The minimum absolute atomic E-state index is 0.137. The van der Waals surface area contributed by atoms with Gasteiger partial charge in [0, 0.05) is 12.6 Å². The van der Waals surface area contributed by atoms with Gasteiger partial charge in [0.25, 0.3) is 0 Å². The lowest BCUT2D eigenvalue weighted by Gasteiger charge is -2.32. The number of aliphatic hydroxyl groups is 1. The van der Waals surface area contributed by atoms with Gasteiger partial charge >= 0.3 is 0 Å². The Labute approximate surface area is 66.5 Å². The molecule has 4 nitrogen and oxygen atoms in total. The predicted octanol–water partition coefficient (Wildman–Crippen LogP) is -0.566. The van der Waals surface area contributed by atoms with Crippen LogP contribution >= 0.6 is 0 Å². The Morgan fingerprint density at radius 1 is 1.73 bits per heavy atom. The highest BCUT2D eigenvalue weighted by molar-refractivity contribution is 5.78. The van der Waals surface area contributed by atoms with Crippen LogP contribution in [0.25, 0.3) is 0 Å². The molecule has 0 saturated heterocycles. The highest BCUT2D eigenvalue weighted by Crippen LogP contribution is 2.18. The maximum atomic E-state index is 8.94. The molecular weight excluding hydrogens is 142 g/mol. The van der Waals surface area contributed by atoms with Crippen LogP contribution in [0.4, 0.5) is 0 Å². The molecule has 1 saturated carbocycles. The third-order valence-corrected chi connectivity index (χ3v) is 1.79. The van der Waals surface area contributed by atoms with Crippen molar-refractivity contribution in [1.29, 1.82) is 0 Å². The lowest BCUT2D eigenvalue weighted by molar-refractivity contribution is 0.0697. The molecule has 1 aliphatic rings. The Bertz CT molecular complexity index is 152. The number of guanidine groups is 1. The van der Waals surface area contributed by atoms with E-state index in [9.17, 15) is 0 Å². The zero-order valence-electron chi connectivity index (χ0n) is 6.75. The van der Waals surface area contributed by atoms with E-state index in [-0.39, 0.29) is 6.10 Å². The number of rotatable bonds is 2. The molecule has 0 bridgehead atoms. The van der Waals surface area contributed by atoms with Crippen molar-refractivity contribution in [3.8, 4) is 0 Å². The molecule has 0 spiro atoms. The standard InChI is InChI=1S/C7H15N3O/c1-2-9-7(8)10-5-3-6(11)4-5/h5-6,11H,2-4H2,1H3,(H3,8,9,10). The van der Waals surface area contributed by atoms with Gasteiger partial charge in [-0.05, 0) is 19.8 Å². The second-order valence-electron chi connectivity index (χ2n) is 2.83. The maximum Gasteiger partial charge on any atom is 0.188 e. The van der Waals surface area contributed by atoms with Crippen LogP contribution in [0.1, 0.15) is 19.8 Å². The van der Waals surface area contributed by atoms with Crippen molar-refractivity contribution in [2.24, 2.45) is 10.7 Å². The van der Waals surface area contributed by atoms with Crippen LogP contribution in [0.5, 0.6) is 0 Å². The summed E-state index contributed by atoms with van der Waals surface area (Å²) in [7, 11) is 0. The molecule has 0 unspecified atom stereocenters. The van der Waals surface area contributed by atoms with Crippen LogP contribution in [0.3, 0.4) is 0 Å². The molecule has 0 heterocycles. The molecule has 0 radical (unpaired) electrons. The zero-order valence-corrected chi connectivity index (χ0v) is 6.75. The zero-order chi connectivity index (χ0) is 8.27. The molecular formula is C7H15N3O. The van der Waals surface area contributed by atoms with Gasteiger partial charge in [-0.15, -0.1) is 0 Å². The van der Waals surface area contributed by atoms with Gasteiger partial charge in [-0.1, -0.05) is 0 Å². The van der Waals surface area contributed by atoms with Crippen LogP contribution < -0.4 is 11.1 Å². The minimum atomic E-state index is -0.137. The highest BCUT2D eigenvalue weighted by Gasteiger charge is 2.26. The average molecular weight is 157 g/mol. The monoisotopic (exact) mass is 157 g/mol. The van der Waals surface area contributed by atoms with Gasteiger partial charge in [-0.25, -0.2) is 0 Å². The molecule has 0 aromatic rings. The van der Waals surface area contributed by atoms with E-state index in [1.54, 1.807) is 0 Å². The smallest absolute Gasteiger partial charge is 0.188 e. The van der Waals surface area contributed by atoms with Gasteiger partial charge in [-0.3, -0.25) is 4.99 Å². The van der Waals surface area contributed by atoms with Crippen molar-refractivity contribution in [2.75, 3.05) is 6.54 Å². The van der Waals surface area contributed by atoms with Gasteiger partial charge in [0.15, 0.2) is 5.96 Å². The normalized spacial score (nSPS) is 31.3. The van der Waals surface area contributed by atoms with Crippen LogP contribution in [0, 0.1) is 0 Å². The average Bonchev–Trinajstić information content (AvgIpc) is 1.85. The van der Waals surface area contributed by atoms with Gasteiger partial charge in [0.2, 0.25) is 0 Å². The number of hydrogen-bond donors (Lipinski definition) is 3. The van der Waals surface area contributed by atoms with E-state index in [1.807, 2.05) is 6.92 Å². The molecule has 1 fully saturated rings. The van der Waals surface area contributed by atoms with Crippen molar-refractivity contribution in [1.82, 2.24) is 5.32 Å². The topological polar surface area (TPSA) is 70.6 Å². The van der Waals surface area contributed by atoms with Gasteiger partial charge in [0.05, 0.1) is 6.10 Å². The number of hydrogen-bond acceptors (Lipinski definition) is 2. The first-order chi connectivity index (χ1) is 5.22. The van der Waals surface area contributed by atoms with Crippen molar-refractivity contribution in [3.63, 3.8) is 0 Å². The van der Waals surface area contributed by atoms with Gasteiger partial charge in [-0.2, -0.15) is 0 Å². The third-order valence-electron chi connectivity index (χ3n) is 1.79. The summed E-state index contributed by atoms with van der Waals surface area (Å²) in [6.07, 6.45) is 1.45. The molecule has 4 heteroatoms. The quantitative estimate of drug-likeness (QED) is 0.371. The molecule has 0 aromatic carbocycles. The summed E-state index contributed by atoms with van der Waals surface area (Å²) in [5, 5.41) is 12.0. The summed E-state index contributed by atoms with van der Waals surface area (Å²) in [4.78, 5) is 3.97. The lowest BCUT2D eigenvalue weighted by atomic mass is 9.90. The number of nitrogens with zero attached hydrogens (tertiary/aromatic N) is 1. The molecule has 0 aromatic heterocycles. The summed E-state index contributed by atoms with van der Waals surface area (Å²) < 4.78 is 0. The van der Waals surface area contributed by atoms with E-state index in [2.05, 4.69) is 10.3 Å². The second kappa shape index (κ2) is 3.57. The van der Waals surface area contributed by atoms with E-state index < -0.39 is 0 Å². The summed E-state index contributed by atoms with van der Waals surface area (Å²) >= 11 is 0. The highest BCUT2D eigenvalue weighted by atomic mass is 16.3.